The van der Waals surface area contributed by atoms with Crippen molar-refractivity contribution in [1.29, 1.82) is 0 Å². The molecule has 7 nitrogen and oxygen atoms in total. The molecule has 2 heterocycles. The summed E-state index contributed by atoms with van der Waals surface area (Å²) in [5, 5.41) is 11.4. The first kappa shape index (κ1) is 17.7. The van der Waals surface area contributed by atoms with Gasteiger partial charge in [-0.2, -0.15) is 10.2 Å². The highest BCUT2D eigenvalue weighted by Crippen LogP contribution is 2.16. The Morgan fingerprint density at radius 2 is 2.04 bits per heavy atom. The van der Waals surface area contributed by atoms with Crippen molar-refractivity contribution >= 4 is 5.91 Å². The zero-order chi connectivity index (χ0) is 18.4. The Balaban J connectivity index is 1.44. The van der Waals surface area contributed by atoms with E-state index in [-0.39, 0.29) is 12.6 Å². The summed E-state index contributed by atoms with van der Waals surface area (Å²) in [5.74, 6) is 0.625. The van der Waals surface area contributed by atoms with Crippen LogP contribution in [0.25, 0.3) is 0 Å². The van der Waals surface area contributed by atoms with Crippen LogP contribution in [0.3, 0.4) is 0 Å². The van der Waals surface area contributed by atoms with Crippen molar-refractivity contribution in [2.45, 2.75) is 33.5 Å². The summed E-state index contributed by atoms with van der Waals surface area (Å²) in [5.41, 5.74) is 2.56. The van der Waals surface area contributed by atoms with Gasteiger partial charge in [-0.3, -0.25) is 9.48 Å². The first-order valence-electron chi connectivity index (χ1n) is 8.62. The number of hydrogen-bond donors (Lipinski definition) is 1. The van der Waals surface area contributed by atoms with Gasteiger partial charge in [-0.15, -0.1) is 0 Å². The minimum Gasteiger partial charge on any atom is -0.471 e. The minimum atomic E-state index is -0.183. The zero-order valence-electron chi connectivity index (χ0n) is 15.1. The molecule has 0 aliphatic carbocycles. The Morgan fingerprint density at radius 3 is 2.81 bits per heavy atom. The van der Waals surface area contributed by atoms with Gasteiger partial charge in [-0.05, 0) is 44.0 Å². The largest absolute Gasteiger partial charge is 0.471 e. The third-order valence-electron chi connectivity index (χ3n) is 4.08. The van der Waals surface area contributed by atoms with Crippen LogP contribution in [0.1, 0.15) is 28.2 Å². The van der Waals surface area contributed by atoms with E-state index in [1.54, 1.807) is 23.1 Å². The van der Waals surface area contributed by atoms with Crippen LogP contribution in [0.15, 0.2) is 48.8 Å². The summed E-state index contributed by atoms with van der Waals surface area (Å²) in [6.07, 6.45) is 4.32. The number of hydrogen-bond acceptors (Lipinski definition) is 4. The smallest absolute Gasteiger partial charge is 0.271 e. The van der Waals surface area contributed by atoms with Gasteiger partial charge in [0.2, 0.25) is 0 Å². The zero-order valence-corrected chi connectivity index (χ0v) is 15.1. The molecule has 0 spiro atoms. The lowest BCUT2D eigenvalue weighted by Gasteiger charge is -2.08. The quantitative estimate of drug-likeness (QED) is 0.632. The Bertz CT molecular complexity index is 868. The van der Waals surface area contributed by atoms with Gasteiger partial charge in [0.05, 0.1) is 0 Å². The second-order valence-electron chi connectivity index (χ2n) is 6.08. The van der Waals surface area contributed by atoms with E-state index >= 15 is 0 Å². The van der Waals surface area contributed by atoms with Crippen LogP contribution in [-0.4, -0.2) is 32.0 Å². The van der Waals surface area contributed by atoms with Crippen LogP contribution in [0.5, 0.6) is 5.75 Å². The van der Waals surface area contributed by atoms with Crippen molar-refractivity contribution in [1.82, 2.24) is 24.9 Å². The van der Waals surface area contributed by atoms with Crippen molar-refractivity contribution in [2.24, 2.45) is 0 Å². The number of nitrogens with zero attached hydrogens (tertiary/aromatic N) is 4. The average molecular weight is 353 g/mol. The Morgan fingerprint density at radius 1 is 1.19 bits per heavy atom. The number of ether oxygens (including phenoxy) is 1. The molecule has 7 heteroatoms. The summed E-state index contributed by atoms with van der Waals surface area (Å²) in [6.45, 7) is 5.61. The fraction of sp³-hybridized carbons (Fsp3) is 0.316. The highest BCUT2D eigenvalue weighted by molar-refractivity contribution is 5.92. The van der Waals surface area contributed by atoms with Crippen molar-refractivity contribution in [3.8, 4) is 5.75 Å². The summed E-state index contributed by atoms with van der Waals surface area (Å²) < 4.78 is 9.25. The molecule has 1 aromatic carbocycles. The maximum atomic E-state index is 12.2. The summed E-state index contributed by atoms with van der Waals surface area (Å²) in [7, 11) is 0. The van der Waals surface area contributed by atoms with Crippen LogP contribution < -0.4 is 10.1 Å². The molecule has 3 rings (SSSR count). The minimum absolute atomic E-state index is 0.183. The molecule has 136 valence electrons. The van der Waals surface area contributed by atoms with Gasteiger partial charge in [0.25, 0.3) is 5.91 Å². The Labute approximate surface area is 152 Å². The summed E-state index contributed by atoms with van der Waals surface area (Å²) in [4.78, 5) is 12.2. The second kappa shape index (κ2) is 8.33. The Hall–Kier alpha value is -3.09. The van der Waals surface area contributed by atoms with E-state index in [0.29, 0.717) is 12.2 Å². The number of benzene rings is 1. The number of aromatic nitrogens is 4. The molecule has 0 unspecified atom stereocenters. The SMILES string of the molecule is Cc1ccccc1OCn1ccc(C(=O)NCCCn2nccc2C)n1. The molecule has 0 aliphatic heterocycles. The van der Waals surface area contributed by atoms with E-state index in [2.05, 4.69) is 15.5 Å². The molecule has 0 aliphatic rings. The summed E-state index contributed by atoms with van der Waals surface area (Å²) >= 11 is 0. The predicted molar refractivity (Wildman–Crippen MR) is 97.9 cm³/mol. The number of amides is 1. The molecule has 1 amide bonds. The maximum Gasteiger partial charge on any atom is 0.271 e. The molecule has 0 saturated heterocycles. The van der Waals surface area contributed by atoms with Gasteiger partial charge in [0.15, 0.2) is 6.73 Å². The molecule has 0 fully saturated rings. The van der Waals surface area contributed by atoms with Crippen molar-refractivity contribution in [2.75, 3.05) is 6.54 Å². The third kappa shape index (κ3) is 4.50. The van der Waals surface area contributed by atoms with E-state index in [4.69, 9.17) is 4.74 Å². The van der Waals surface area contributed by atoms with Gasteiger partial charge >= 0.3 is 0 Å². The normalized spacial score (nSPS) is 10.7. The van der Waals surface area contributed by atoms with Crippen molar-refractivity contribution in [3.63, 3.8) is 0 Å². The van der Waals surface area contributed by atoms with Crippen LogP contribution >= 0.6 is 0 Å². The number of aryl methyl sites for hydroxylation is 3. The van der Waals surface area contributed by atoms with E-state index in [9.17, 15) is 4.79 Å². The first-order valence-corrected chi connectivity index (χ1v) is 8.62. The lowest BCUT2D eigenvalue weighted by Crippen LogP contribution is -2.26. The number of rotatable bonds is 8. The van der Waals surface area contributed by atoms with Gasteiger partial charge in [-0.25, -0.2) is 4.68 Å². The van der Waals surface area contributed by atoms with Crippen molar-refractivity contribution in [3.05, 3.63) is 65.7 Å². The Kier molecular flexibility index (Phi) is 5.68. The molecule has 0 saturated carbocycles. The lowest BCUT2D eigenvalue weighted by atomic mass is 10.2. The van der Waals surface area contributed by atoms with Gasteiger partial charge in [0.1, 0.15) is 11.4 Å². The van der Waals surface area contributed by atoms with Crippen LogP contribution in [-0.2, 0) is 13.3 Å². The molecule has 2 aromatic heterocycles. The van der Waals surface area contributed by atoms with Gasteiger partial charge in [-0.1, -0.05) is 18.2 Å². The topological polar surface area (TPSA) is 74.0 Å². The molecular weight excluding hydrogens is 330 g/mol. The fourth-order valence-corrected chi connectivity index (χ4v) is 2.56. The number of nitrogens with one attached hydrogen (secondary N) is 1. The molecule has 0 radical (unpaired) electrons. The molecule has 26 heavy (non-hydrogen) atoms. The molecular formula is C19H23N5O2. The summed E-state index contributed by atoms with van der Waals surface area (Å²) in [6, 6.07) is 11.4. The van der Waals surface area contributed by atoms with E-state index in [1.165, 1.54) is 0 Å². The van der Waals surface area contributed by atoms with E-state index in [1.807, 2.05) is 48.9 Å². The third-order valence-corrected chi connectivity index (χ3v) is 4.08. The van der Waals surface area contributed by atoms with Gasteiger partial charge < -0.3 is 10.1 Å². The highest BCUT2D eigenvalue weighted by atomic mass is 16.5. The van der Waals surface area contributed by atoms with Gasteiger partial charge in [0, 0.05) is 31.2 Å². The molecule has 0 bridgehead atoms. The number of para-hydroxylation sites is 1. The maximum absolute atomic E-state index is 12.2. The second-order valence-corrected chi connectivity index (χ2v) is 6.08. The van der Waals surface area contributed by atoms with Crippen molar-refractivity contribution < 1.29 is 9.53 Å². The van der Waals surface area contributed by atoms with Crippen LogP contribution in [0, 0.1) is 13.8 Å². The highest BCUT2D eigenvalue weighted by Gasteiger charge is 2.09. The first-order chi connectivity index (χ1) is 12.6. The molecule has 1 N–H and O–H groups in total. The molecule has 3 aromatic rings. The average Bonchev–Trinajstić information content (AvgIpc) is 3.27. The van der Waals surface area contributed by atoms with E-state index < -0.39 is 0 Å². The number of carbonyl (C=O) groups excluding carboxylic acids is 1. The van der Waals surface area contributed by atoms with Crippen LogP contribution in [0.4, 0.5) is 0 Å². The lowest BCUT2D eigenvalue weighted by molar-refractivity contribution is 0.0945. The van der Waals surface area contributed by atoms with E-state index in [0.717, 1.165) is 30.0 Å². The van der Waals surface area contributed by atoms with Crippen LogP contribution in [0.2, 0.25) is 0 Å². The predicted octanol–water partition coefficient (Wildman–Crippen LogP) is 2.55. The monoisotopic (exact) mass is 353 g/mol. The molecule has 0 atom stereocenters. The standard InChI is InChI=1S/C19H23N5O2/c1-15-6-3-4-7-18(15)26-14-23-13-9-17(22-23)19(25)20-10-5-12-24-16(2)8-11-21-24/h3-4,6-9,11,13H,5,10,12,14H2,1-2H3,(H,20,25). The number of carbonyl (C=O) groups is 1. The fourth-order valence-electron chi connectivity index (χ4n) is 2.56.